The Bertz CT molecular complexity index is 1960. The van der Waals surface area contributed by atoms with Crippen molar-refractivity contribution in [3.63, 3.8) is 0 Å². The number of phenolic OH excluding ortho intramolecular Hbond substituents is 2. The summed E-state index contributed by atoms with van der Waals surface area (Å²) in [6.45, 7) is -0.196. The van der Waals surface area contributed by atoms with Crippen LogP contribution in [0.15, 0.2) is 52.9 Å². The summed E-state index contributed by atoms with van der Waals surface area (Å²) in [4.78, 5) is 31.0. The predicted octanol–water partition coefficient (Wildman–Crippen LogP) is 3.76. The normalized spacial score (nSPS) is 13.7. The van der Waals surface area contributed by atoms with Crippen LogP contribution in [0, 0.1) is 0 Å². The molecule has 1 aliphatic heterocycles. The number of nitrogens with zero attached hydrogens (tertiary/aromatic N) is 2. The third-order valence-electron chi connectivity index (χ3n) is 7.07. The first-order chi connectivity index (χ1) is 17.9. The molecule has 0 unspecified atom stereocenters. The van der Waals surface area contributed by atoms with Gasteiger partial charge in [0.05, 0.1) is 39.7 Å². The van der Waals surface area contributed by atoms with Crippen molar-refractivity contribution in [2.75, 3.05) is 0 Å². The summed E-state index contributed by atoms with van der Waals surface area (Å²) in [5.74, 6) is -0.0255. The molecule has 37 heavy (non-hydrogen) atoms. The molecule has 4 heterocycles. The van der Waals surface area contributed by atoms with Gasteiger partial charge in [-0.3, -0.25) is 9.59 Å². The number of carbonyl (C=O) groups excluding carboxylic acids is 2. The smallest absolute Gasteiger partial charge is 0.276 e. The number of aromatic hydroxyl groups is 2. The molecule has 10 heteroatoms. The molecule has 0 atom stereocenters. The van der Waals surface area contributed by atoms with Crippen molar-refractivity contribution < 1.29 is 29.3 Å². The quantitative estimate of drug-likeness (QED) is 0.234. The number of rotatable bonds is 4. The molecule has 1 aliphatic rings. The van der Waals surface area contributed by atoms with Crippen LogP contribution in [0.5, 0.6) is 11.5 Å². The number of aryl methyl sites for hydroxylation is 1. The largest absolute Gasteiger partial charge is 0.508 e. The van der Waals surface area contributed by atoms with Gasteiger partial charge in [0, 0.05) is 40.7 Å². The number of phenols is 2. The van der Waals surface area contributed by atoms with E-state index in [0.29, 0.717) is 49.7 Å². The molecular formula is C27H20N4O6. The number of hydrogen-bond acceptors (Lipinski definition) is 7. The number of imide groups is 1. The lowest BCUT2D eigenvalue weighted by atomic mass is 9.96. The van der Waals surface area contributed by atoms with Crippen LogP contribution >= 0.6 is 0 Å². The second-order valence-corrected chi connectivity index (χ2v) is 9.15. The standard InChI is InChI=1S/C27H20N4O6/c1-30-19-9-13(34)3-7-17(19)21-23-22(20-16-6-2-12(33)8-18(16)29-24(20)25(21)30)26(35)31(27(23)36)28-10-14-4-5-15(11-32)37-14/h2-9,28-29,32-34H,10-11H2,1H3. The van der Waals surface area contributed by atoms with Crippen LogP contribution in [0.2, 0.25) is 0 Å². The summed E-state index contributed by atoms with van der Waals surface area (Å²) in [6.07, 6.45) is 0. The van der Waals surface area contributed by atoms with Gasteiger partial charge < -0.3 is 29.3 Å². The van der Waals surface area contributed by atoms with Crippen molar-refractivity contribution in [3.8, 4) is 11.5 Å². The molecular weight excluding hydrogens is 476 g/mol. The van der Waals surface area contributed by atoms with E-state index in [1.807, 2.05) is 11.6 Å². The van der Waals surface area contributed by atoms with Gasteiger partial charge in [-0.2, -0.15) is 0 Å². The molecule has 0 saturated carbocycles. The number of aromatic nitrogens is 2. The maximum atomic E-state index is 13.8. The Balaban J connectivity index is 1.53. The monoisotopic (exact) mass is 496 g/mol. The van der Waals surface area contributed by atoms with Crippen LogP contribution < -0.4 is 5.43 Å². The molecule has 2 amide bonds. The van der Waals surface area contributed by atoms with E-state index in [4.69, 9.17) is 4.42 Å². The van der Waals surface area contributed by atoms with Gasteiger partial charge in [-0.15, -0.1) is 0 Å². The number of benzene rings is 3. The molecule has 0 saturated heterocycles. The van der Waals surface area contributed by atoms with E-state index in [0.717, 1.165) is 10.4 Å². The van der Waals surface area contributed by atoms with Gasteiger partial charge >= 0.3 is 0 Å². The summed E-state index contributed by atoms with van der Waals surface area (Å²) < 4.78 is 7.38. The number of hydrogen-bond donors (Lipinski definition) is 5. The zero-order valence-electron chi connectivity index (χ0n) is 19.5. The Morgan fingerprint density at radius 2 is 1.57 bits per heavy atom. The van der Waals surface area contributed by atoms with E-state index in [1.54, 1.807) is 48.5 Å². The fourth-order valence-corrected chi connectivity index (χ4v) is 5.49. The number of amides is 2. The summed E-state index contributed by atoms with van der Waals surface area (Å²) in [7, 11) is 1.84. The predicted molar refractivity (Wildman–Crippen MR) is 135 cm³/mol. The molecule has 0 radical (unpaired) electrons. The molecule has 5 N–H and O–H groups in total. The number of aromatic amines is 1. The fraction of sp³-hybridized carbons (Fsp3) is 0.111. The first kappa shape index (κ1) is 21.5. The highest BCUT2D eigenvalue weighted by Crippen LogP contribution is 2.45. The Kier molecular flexibility index (Phi) is 4.27. The highest BCUT2D eigenvalue weighted by molar-refractivity contribution is 6.39. The maximum absolute atomic E-state index is 13.8. The molecule has 0 aliphatic carbocycles. The summed E-state index contributed by atoms with van der Waals surface area (Å²) in [5, 5.41) is 33.1. The van der Waals surface area contributed by atoms with Crippen LogP contribution in [-0.4, -0.2) is 41.7 Å². The third kappa shape index (κ3) is 2.82. The lowest BCUT2D eigenvalue weighted by Crippen LogP contribution is -2.41. The highest BCUT2D eigenvalue weighted by atomic mass is 16.4. The van der Waals surface area contributed by atoms with E-state index in [9.17, 15) is 24.9 Å². The lowest BCUT2D eigenvalue weighted by Gasteiger charge is -2.14. The molecule has 0 spiro atoms. The Morgan fingerprint density at radius 1 is 0.892 bits per heavy atom. The number of aliphatic hydroxyl groups is 1. The molecule has 10 nitrogen and oxygen atoms in total. The number of furan rings is 1. The van der Waals surface area contributed by atoms with E-state index >= 15 is 0 Å². The number of aliphatic hydroxyl groups excluding tert-OH is 1. The minimum atomic E-state index is -0.509. The van der Waals surface area contributed by atoms with Crippen LogP contribution in [0.1, 0.15) is 32.2 Å². The molecule has 0 bridgehead atoms. The number of nitrogens with one attached hydrogen (secondary N) is 2. The SMILES string of the molecule is Cn1c2cc(O)ccc2c2c3c(c4c5ccc(O)cc5[nH]c4c21)C(=O)N(NCc1ccc(CO)o1)C3=O. The van der Waals surface area contributed by atoms with Crippen LogP contribution in [-0.2, 0) is 20.2 Å². The van der Waals surface area contributed by atoms with Crippen molar-refractivity contribution in [1.82, 2.24) is 20.0 Å². The zero-order chi connectivity index (χ0) is 25.6. The second kappa shape index (κ2) is 7.36. The van der Waals surface area contributed by atoms with E-state index in [2.05, 4.69) is 10.4 Å². The minimum Gasteiger partial charge on any atom is -0.508 e. The summed E-state index contributed by atoms with van der Waals surface area (Å²) in [6, 6.07) is 13.0. The van der Waals surface area contributed by atoms with Gasteiger partial charge in [0.2, 0.25) is 0 Å². The third-order valence-corrected chi connectivity index (χ3v) is 7.07. The fourth-order valence-electron chi connectivity index (χ4n) is 5.49. The van der Waals surface area contributed by atoms with Gasteiger partial charge in [0.15, 0.2) is 0 Å². The first-order valence-electron chi connectivity index (χ1n) is 11.6. The molecule has 6 aromatic rings. The van der Waals surface area contributed by atoms with Crippen LogP contribution in [0.25, 0.3) is 43.6 Å². The first-order valence-corrected chi connectivity index (χ1v) is 11.6. The minimum absolute atomic E-state index is 0.0585. The van der Waals surface area contributed by atoms with Crippen molar-refractivity contribution in [2.24, 2.45) is 7.05 Å². The van der Waals surface area contributed by atoms with E-state index in [1.165, 1.54) is 0 Å². The Hall–Kier alpha value is -4.80. The molecule has 3 aromatic carbocycles. The van der Waals surface area contributed by atoms with Crippen molar-refractivity contribution in [2.45, 2.75) is 13.2 Å². The Morgan fingerprint density at radius 3 is 2.30 bits per heavy atom. The number of carbonyl (C=O) groups is 2. The number of hydrazine groups is 1. The average molecular weight is 496 g/mol. The maximum Gasteiger partial charge on any atom is 0.276 e. The zero-order valence-corrected chi connectivity index (χ0v) is 19.5. The summed E-state index contributed by atoms with van der Waals surface area (Å²) >= 11 is 0. The summed E-state index contributed by atoms with van der Waals surface area (Å²) in [5.41, 5.74) is 6.08. The Labute approximate surface area is 207 Å². The van der Waals surface area contributed by atoms with Gasteiger partial charge in [-0.25, -0.2) is 10.4 Å². The van der Waals surface area contributed by atoms with E-state index in [-0.39, 0.29) is 35.8 Å². The average Bonchev–Trinajstić information content (AvgIpc) is 3.61. The molecule has 0 fully saturated rings. The topological polar surface area (TPSA) is 144 Å². The lowest BCUT2D eigenvalue weighted by molar-refractivity contribution is 0.0558. The van der Waals surface area contributed by atoms with Gasteiger partial charge in [0.25, 0.3) is 11.8 Å². The molecule has 3 aromatic heterocycles. The van der Waals surface area contributed by atoms with Crippen molar-refractivity contribution in [1.29, 1.82) is 0 Å². The van der Waals surface area contributed by atoms with Crippen molar-refractivity contribution in [3.05, 3.63) is 71.2 Å². The van der Waals surface area contributed by atoms with Crippen molar-refractivity contribution >= 4 is 55.4 Å². The molecule has 7 rings (SSSR count). The second-order valence-electron chi connectivity index (χ2n) is 9.15. The van der Waals surface area contributed by atoms with Gasteiger partial charge in [0.1, 0.15) is 29.6 Å². The van der Waals surface area contributed by atoms with E-state index < -0.39 is 11.8 Å². The van der Waals surface area contributed by atoms with Crippen LogP contribution in [0.4, 0.5) is 0 Å². The highest BCUT2D eigenvalue weighted by Gasteiger charge is 2.41. The number of H-pyrrole nitrogens is 1. The molecule has 184 valence electrons. The van der Waals surface area contributed by atoms with Gasteiger partial charge in [-0.1, -0.05) is 0 Å². The number of fused-ring (bicyclic) bond motifs is 10. The van der Waals surface area contributed by atoms with Gasteiger partial charge in [-0.05, 0) is 36.4 Å². The van der Waals surface area contributed by atoms with Crippen LogP contribution in [0.3, 0.4) is 0 Å².